The van der Waals surface area contributed by atoms with Gasteiger partial charge in [0.1, 0.15) is 17.5 Å². The fourth-order valence-corrected chi connectivity index (χ4v) is 5.70. The van der Waals surface area contributed by atoms with Crippen LogP contribution in [0.3, 0.4) is 0 Å². The van der Waals surface area contributed by atoms with E-state index in [4.69, 9.17) is 4.98 Å². The van der Waals surface area contributed by atoms with E-state index in [0.29, 0.717) is 27.8 Å². The topological polar surface area (TPSA) is 104 Å². The molecule has 3 aliphatic carbocycles. The fraction of sp³-hybridized carbons (Fsp3) is 0.333. The Morgan fingerprint density at radius 2 is 1.88 bits per heavy atom. The van der Waals surface area contributed by atoms with Crippen LogP contribution < -0.4 is 5.32 Å². The first-order valence-corrected chi connectivity index (χ1v) is 11.1. The number of hydrogen-bond donors (Lipinski definition) is 3. The monoisotopic (exact) mass is 449 g/mol. The molecule has 3 heterocycles. The van der Waals surface area contributed by atoms with Gasteiger partial charge in [-0.25, -0.2) is 23.7 Å². The van der Waals surface area contributed by atoms with E-state index in [1.54, 1.807) is 18.5 Å². The summed E-state index contributed by atoms with van der Waals surface area (Å²) in [7, 11) is 0. The number of anilines is 1. The van der Waals surface area contributed by atoms with Gasteiger partial charge in [-0.15, -0.1) is 0 Å². The summed E-state index contributed by atoms with van der Waals surface area (Å²) >= 11 is 0. The molecule has 1 aromatic carbocycles. The van der Waals surface area contributed by atoms with Gasteiger partial charge in [0.25, 0.3) is 0 Å². The zero-order valence-electron chi connectivity index (χ0n) is 17.6. The first-order chi connectivity index (χ1) is 16.0. The van der Waals surface area contributed by atoms with E-state index in [1.165, 1.54) is 6.07 Å². The number of pyridine rings is 1. The Morgan fingerprint density at radius 1 is 1.09 bits per heavy atom. The number of rotatable bonds is 4. The van der Waals surface area contributed by atoms with Gasteiger partial charge < -0.3 is 15.4 Å². The summed E-state index contributed by atoms with van der Waals surface area (Å²) in [6, 6.07) is 5.42. The molecule has 9 heteroatoms. The number of H-pyrrole nitrogens is 1. The standard InChI is InChI=1S/C24H21F2N5O2/c25-13-8-15-16(10-28-20(15)17(26)9-13)23-30-21-14(2-1-7-27-21)22(31-23)29-19-12-5-3-11(4-6-12)18(19)24(32)33/h1-2,7-12,18-19,28H,3-6H2,(H,32,33)(H,27,29,30,31). The predicted octanol–water partition coefficient (Wildman–Crippen LogP) is 4.75. The van der Waals surface area contributed by atoms with Crippen molar-refractivity contribution in [1.29, 1.82) is 0 Å². The average molecular weight is 449 g/mol. The van der Waals surface area contributed by atoms with Gasteiger partial charge in [-0.05, 0) is 55.7 Å². The molecule has 0 saturated heterocycles. The maximum Gasteiger partial charge on any atom is 0.308 e. The molecule has 3 N–H and O–H groups in total. The highest BCUT2D eigenvalue weighted by Gasteiger charge is 2.47. The molecule has 0 spiro atoms. The highest BCUT2D eigenvalue weighted by molar-refractivity contribution is 5.96. The molecule has 3 saturated carbocycles. The second kappa shape index (κ2) is 7.47. The summed E-state index contributed by atoms with van der Waals surface area (Å²) in [5.74, 6) is -1.53. The maximum atomic E-state index is 14.2. The van der Waals surface area contributed by atoms with Crippen LogP contribution in [0.5, 0.6) is 0 Å². The van der Waals surface area contributed by atoms with E-state index in [2.05, 4.69) is 20.3 Å². The van der Waals surface area contributed by atoms with Crippen LogP contribution in [0.25, 0.3) is 33.3 Å². The zero-order valence-corrected chi connectivity index (χ0v) is 17.6. The predicted molar refractivity (Wildman–Crippen MR) is 119 cm³/mol. The van der Waals surface area contributed by atoms with Gasteiger partial charge in [0.05, 0.1) is 16.8 Å². The number of nitrogens with zero attached hydrogens (tertiary/aromatic N) is 3. The molecule has 168 valence electrons. The van der Waals surface area contributed by atoms with E-state index < -0.39 is 23.5 Å². The molecule has 0 radical (unpaired) electrons. The summed E-state index contributed by atoms with van der Waals surface area (Å²) in [5.41, 5.74) is 1.03. The van der Waals surface area contributed by atoms with Crippen molar-refractivity contribution < 1.29 is 18.7 Å². The Bertz CT molecular complexity index is 1400. The van der Waals surface area contributed by atoms with Crippen molar-refractivity contribution in [3.8, 4) is 11.4 Å². The van der Waals surface area contributed by atoms with E-state index in [9.17, 15) is 18.7 Å². The molecule has 4 aromatic rings. The number of carboxylic acid groups (broad SMARTS) is 1. The van der Waals surface area contributed by atoms with Crippen molar-refractivity contribution >= 4 is 33.7 Å². The van der Waals surface area contributed by atoms with Gasteiger partial charge in [0.15, 0.2) is 11.5 Å². The third-order valence-electron chi connectivity index (χ3n) is 7.23. The molecular weight excluding hydrogens is 428 g/mol. The van der Waals surface area contributed by atoms with Crippen LogP contribution in [-0.4, -0.2) is 37.1 Å². The van der Waals surface area contributed by atoms with Crippen molar-refractivity contribution in [2.75, 3.05) is 5.32 Å². The zero-order chi connectivity index (χ0) is 22.7. The fourth-order valence-electron chi connectivity index (χ4n) is 5.70. The molecule has 0 aliphatic heterocycles. The summed E-state index contributed by atoms with van der Waals surface area (Å²) < 4.78 is 28.2. The summed E-state index contributed by atoms with van der Waals surface area (Å²) in [5, 5.41) is 14.4. The second-order valence-electron chi connectivity index (χ2n) is 8.99. The summed E-state index contributed by atoms with van der Waals surface area (Å²) in [6.45, 7) is 0. The number of halogens is 2. The molecule has 2 bridgehead atoms. The number of benzene rings is 1. The number of carbonyl (C=O) groups is 1. The van der Waals surface area contributed by atoms with Gasteiger partial charge in [-0.3, -0.25) is 4.79 Å². The number of fused-ring (bicyclic) bond motifs is 5. The Labute approximate surface area is 187 Å². The van der Waals surface area contributed by atoms with Crippen LogP contribution in [0.2, 0.25) is 0 Å². The molecule has 7 nitrogen and oxygen atoms in total. The van der Waals surface area contributed by atoms with Gasteiger partial charge in [-0.2, -0.15) is 0 Å². The minimum Gasteiger partial charge on any atom is -0.481 e. The van der Waals surface area contributed by atoms with E-state index in [1.807, 2.05) is 6.07 Å². The number of aliphatic carboxylic acids is 1. The van der Waals surface area contributed by atoms with Crippen LogP contribution in [0.15, 0.2) is 36.7 Å². The van der Waals surface area contributed by atoms with Crippen molar-refractivity contribution in [3.05, 3.63) is 48.3 Å². The molecule has 3 aliphatic rings. The summed E-state index contributed by atoms with van der Waals surface area (Å²) in [6.07, 6.45) is 7.00. The van der Waals surface area contributed by atoms with E-state index in [-0.39, 0.29) is 29.2 Å². The van der Waals surface area contributed by atoms with Crippen molar-refractivity contribution in [1.82, 2.24) is 19.9 Å². The molecule has 2 unspecified atom stereocenters. The van der Waals surface area contributed by atoms with Crippen molar-refractivity contribution in [3.63, 3.8) is 0 Å². The Morgan fingerprint density at radius 3 is 2.67 bits per heavy atom. The number of carboxylic acids is 1. The largest absolute Gasteiger partial charge is 0.481 e. The minimum atomic E-state index is -0.791. The van der Waals surface area contributed by atoms with Gasteiger partial charge in [0, 0.05) is 35.5 Å². The molecule has 7 rings (SSSR count). The number of aromatic nitrogens is 4. The van der Waals surface area contributed by atoms with Crippen molar-refractivity contribution in [2.45, 2.75) is 31.7 Å². The van der Waals surface area contributed by atoms with Crippen LogP contribution >= 0.6 is 0 Å². The highest BCUT2D eigenvalue weighted by Crippen LogP contribution is 2.46. The van der Waals surface area contributed by atoms with Crippen LogP contribution in [0.4, 0.5) is 14.6 Å². The normalized spacial score (nSPS) is 24.4. The van der Waals surface area contributed by atoms with E-state index >= 15 is 0 Å². The SMILES string of the molecule is O=C(O)C1C2CCC(CC2)C1Nc1nc(-c2c[nH]c3c(F)cc(F)cc23)nc2ncccc12. The third kappa shape index (κ3) is 3.21. The Kier molecular flexibility index (Phi) is 4.53. The average Bonchev–Trinajstić information content (AvgIpc) is 3.23. The number of nitrogens with one attached hydrogen (secondary N) is 2. The highest BCUT2D eigenvalue weighted by atomic mass is 19.1. The lowest BCUT2D eigenvalue weighted by Gasteiger charge is -2.47. The molecule has 3 aromatic heterocycles. The maximum absolute atomic E-state index is 14.2. The van der Waals surface area contributed by atoms with Gasteiger partial charge in [0.2, 0.25) is 0 Å². The quantitative estimate of drug-likeness (QED) is 0.415. The van der Waals surface area contributed by atoms with Crippen LogP contribution in [0, 0.1) is 29.4 Å². The van der Waals surface area contributed by atoms with Gasteiger partial charge >= 0.3 is 5.97 Å². The second-order valence-corrected chi connectivity index (χ2v) is 8.99. The van der Waals surface area contributed by atoms with E-state index in [0.717, 1.165) is 31.7 Å². The Balaban J connectivity index is 1.49. The first-order valence-electron chi connectivity index (χ1n) is 11.1. The molecule has 3 fully saturated rings. The number of aromatic amines is 1. The molecular formula is C24H21F2N5O2. The smallest absolute Gasteiger partial charge is 0.308 e. The molecule has 0 amide bonds. The minimum absolute atomic E-state index is 0.148. The molecule has 2 atom stereocenters. The lowest BCUT2D eigenvalue weighted by Crippen LogP contribution is -2.51. The lowest BCUT2D eigenvalue weighted by molar-refractivity contribution is -0.148. The van der Waals surface area contributed by atoms with Crippen molar-refractivity contribution in [2.24, 2.45) is 17.8 Å². The van der Waals surface area contributed by atoms with Gasteiger partial charge in [-0.1, -0.05) is 0 Å². The number of hydrogen-bond acceptors (Lipinski definition) is 5. The third-order valence-corrected chi connectivity index (χ3v) is 7.23. The first kappa shape index (κ1) is 20.0. The lowest BCUT2D eigenvalue weighted by atomic mass is 9.61. The van der Waals surface area contributed by atoms with Crippen LogP contribution in [0.1, 0.15) is 25.7 Å². The molecule has 33 heavy (non-hydrogen) atoms. The van der Waals surface area contributed by atoms with Crippen LogP contribution in [-0.2, 0) is 4.79 Å². The summed E-state index contributed by atoms with van der Waals surface area (Å²) in [4.78, 5) is 28.5. The Hall–Kier alpha value is -3.62.